The molecule has 0 aliphatic rings. The van der Waals surface area contributed by atoms with Gasteiger partial charge in [-0.3, -0.25) is 4.79 Å². The molecule has 39 heavy (non-hydrogen) atoms. The van der Waals surface area contributed by atoms with Gasteiger partial charge in [-0.2, -0.15) is 13.2 Å². The third kappa shape index (κ3) is 5.99. The van der Waals surface area contributed by atoms with Crippen molar-refractivity contribution >= 4 is 34.1 Å². The smallest absolute Gasteiger partial charge is 0.343 e. The van der Waals surface area contributed by atoms with Gasteiger partial charge in [-0.15, -0.1) is 0 Å². The third-order valence-electron chi connectivity index (χ3n) is 6.61. The molecule has 0 aliphatic carbocycles. The zero-order valence-corrected chi connectivity index (χ0v) is 21.3. The highest BCUT2D eigenvalue weighted by Gasteiger charge is 2.34. The minimum Gasteiger partial charge on any atom is -0.343 e. The van der Waals surface area contributed by atoms with Crippen molar-refractivity contribution in [1.29, 1.82) is 0 Å². The van der Waals surface area contributed by atoms with Gasteiger partial charge >= 0.3 is 6.18 Å². The predicted octanol–water partition coefficient (Wildman–Crippen LogP) is 8.66. The molecule has 0 spiro atoms. The number of rotatable bonds is 7. The van der Waals surface area contributed by atoms with Crippen LogP contribution in [0.15, 0.2) is 103 Å². The molecule has 5 rings (SSSR count). The normalized spacial score (nSPS) is 12.4. The Hall–Kier alpha value is -4.10. The van der Waals surface area contributed by atoms with Crippen molar-refractivity contribution in [2.24, 2.45) is 0 Å². The Morgan fingerprint density at radius 2 is 1.59 bits per heavy atom. The monoisotopic (exact) mass is 550 g/mol. The van der Waals surface area contributed by atoms with Crippen LogP contribution in [-0.4, -0.2) is 10.5 Å². The lowest BCUT2D eigenvalue weighted by atomic mass is 9.87. The molecular formula is C31H23ClF4N2O. The summed E-state index contributed by atoms with van der Waals surface area (Å²) in [5.74, 6) is -1.39. The fraction of sp³-hybridized carbons (Fsp3) is 0.129. The number of nitrogens with zero attached hydrogens (tertiary/aromatic N) is 1. The average Bonchev–Trinajstić information content (AvgIpc) is 3.27. The molecule has 1 amide bonds. The summed E-state index contributed by atoms with van der Waals surface area (Å²) in [5.41, 5.74) is 2.35. The van der Waals surface area contributed by atoms with E-state index < -0.39 is 22.7 Å². The van der Waals surface area contributed by atoms with Gasteiger partial charge < -0.3 is 9.88 Å². The molecule has 1 heterocycles. The number of aromatic nitrogens is 1. The summed E-state index contributed by atoms with van der Waals surface area (Å²) in [6, 6.07) is 26.3. The lowest BCUT2D eigenvalue weighted by Gasteiger charge is -2.19. The molecule has 0 aliphatic heterocycles. The summed E-state index contributed by atoms with van der Waals surface area (Å²) in [4.78, 5) is 13.2. The number of alkyl halides is 3. The van der Waals surface area contributed by atoms with Crippen LogP contribution in [0.2, 0.25) is 5.02 Å². The van der Waals surface area contributed by atoms with Crippen LogP contribution < -0.4 is 5.32 Å². The number of para-hydroxylation sites is 2. The Morgan fingerprint density at radius 3 is 2.31 bits per heavy atom. The molecule has 198 valence electrons. The molecule has 8 heteroatoms. The second-order valence-corrected chi connectivity index (χ2v) is 9.67. The molecule has 0 saturated heterocycles. The van der Waals surface area contributed by atoms with Crippen molar-refractivity contribution in [3.63, 3.8) is 0 Å². The van der Waals surface area contributed by atoms with Crippen molar-refractivity contribution in [3.05, 3.63) is 136 Å². The van der Waals surface area contributed by atoms with Crippen LogP contribution in [0.5, 0.6) is 0 Å². The van der Waals surface area contributed by atoms with E-state index in [-0.39, 0.29) is 18.1 Å². The quantitative estimate of drug-likeness (QED) is 0.202. The first-order valence-corrected chi connectivity index (χ1v) is 12.6. The summed E-state index contributed by atoms with van der Waals surface area (Å²) < 4.78 is 56.8. The van der Waals surface area contributed by atoms with Gasteiger partial charge in [0.05, 0.1) is 10.6 Å². The topological polar surface area (TPSA) is 34.0 Å². The van der Waals surface area contributed by atoms with Crippen LogP contribution in [0.4, 0.5) is 23.2 Å². The number of hydrogen-bond acceptors (Lipinski definition) is 1. The molecule has 3 nitrogen and oxygen atoms in total. The maximum absolute atomic E-state index is 13.8. The summed E-state index contributed by atoms with van der Waals surface area (Å²) in [5, 5.41) is 3.24. The molecule has 4 aromatic carbocycles. The summed E-state index contributed by atoms with van der Waals surface area (Å²) in [7, 11) is 0. The molecule has 1 N–H and O–H groups in total. The summed E-state index contributed by atoms with van der Waals surface area (Å²) in [6.45, 7) is 0.415. The number of hydrogen-bond donors (Lipinski definition) is 1. The second kappa shape index (κ2) is 10.9. The van der Waals surface area contributed by atoms with Crippen molar-refractivity contribution < 1.29 is 22.4 Å². The Kier molecular flexibility index (Phi) is 7.44. The number of nitrogens with one attached hydrogen (secondary N) is 1. The maximum Gasteiger partial charge on any atom is 0.417 e. The minimum atomic E-state index is -4.65. The number of halogens is 5. The molecule has 0 radical (unpaired) electrons. The molecule has 0 saturated carbocycles. The number of benzene rings is 4. The highest BCUT2D eigenvalue weighted by Crippen LogP contribution is 2.40. The number of anilines is 1. The first kappa shape index (κ1) is 26.5. The summed E-state index contributed by atoms with van der Waals surface area (Å²) in [6.07, 6.45) is -2.89. The zero-order chi connectivity index (χ0) is 27.6. The van der Waals surface area contributed by atoms with Crippen molar-refractivity contribution in [3.8, 4) is 0 Å². The minimum absolute atomic E-state index is 0.0988. The molecule has 5 aromatic rings. The third-order valence-corrected chi connectivity index (χ3v) is 6.94. The Labute approximate surface area is 227 Å². The van der Waals surface area contributed by atoms with Crippen LogP contribution in [0.1, 0.15) is 34.6 Å². The molecule has 0 fully saturated rings. The lowest BCUT2D eigenvalue weighted by molar-refractivity contribution is -0.137. The fourth-order valence-corrected chi connectivity index (χ4v) is 5.00. The Bertz CT molecular complexity index is 1610. The van der Waals surface area contributed by atoms with Gasteiger partial charge in [-0.05, 0) is 59.2 Å². The van der Waals surface area contributed by atoms with Gasteiger partial charge in [0.2, 0.25) is 5.91 Å². The largest absolute Gasteiger partial charge is 0.417 e. The molecule has 0 unspecified atom stereocenters. The maximum atomic E-state index is 13.8. The highest BCUT2D eigenvalue weighted by molar-refractivity contribution is 6.31. The van der Waals surface area contributed by atoms with E-state index in [9.17, 15) is 22.4 Å². The number of carbonyl (C=O) groups excluding carboxylic acids is 1. The SMILES string of the molecule is O=C(C[C@@H](c1ccc(Cl)c(C(F)(F)F)c1)c1cn(Cc2ccc(F)cc2)c2ccccc12)Nc1ccccc1. The van der Waals surface area contributed by atoms with Crippen LogP contribution >= 0.6 is 11.6 Å². The first-order valence-electron chi connectivity index (χ1n) is 12.2. The Balaban J connectivity index is 1.60. The van der Waals surface area contributed by atoms with E-state index in [0.29, 0.717) is 23.4 Å². The molecular weight excluding hydrogens is 528 g/mol. The first-order chi connectivity index (χ1) is 18.7. The van der Waals surface area contributed by atoms with Crippen LogP contribution in [-0.2, 0) is 17.5 Å². The highest BCUT2D eigenvalue weighted by atomic mass is 35.5. The van der Waals surface area contributed by atoms with Gasteiger partial charge in [0.1, 0.15) is 5.82 Å². The van der Waals surface area contributed by atoms with Gasteiger partial charge in [0.15, 0.2) is 0 Å². The second-order valence-electron chi connectivity index (χ2n) is 9.26. The van der Waals surface area contributed by atoms with Gasteiger partial charge in [0.25, 0.3) is 0 Å². The van der Waals surface area contributed by atoms with Crippen LogP contribution in [0.25, 0.3) is 10.9 Å². The molecule has 0 bridgehead atoms. The summed E-state index contributed by atoms with van der Waals surface area (Å²) >= 11 is 5.92. The van der Waals surface area contributed by atoms with Crippen LogP contribution in [0, 0.1) is 5.82 Å². The van der Waals surface area contributed by atoms with Crippen molar-refractivity contribution in [1.82, 2.24) is 4.57 Å². The lowest BCUT2D eigenvalue weighted by Crippen LogP contribution is -2.17. The van der Waals surface area contributed by atoms with E-state index in [0.717, 1.165) is 22.5 Å². The number of fused-ring (bicyclic) bond motifs is 1. The average molecular weight is 551 g/mol. The van der Waals surface area contributed by atoms with E-state index in [4.69, 9.17) is 11.6 Å². The van der Waals surface area contributed by atoms with E-state index in [2.05, 4.69) is 5.32 Å². The van der Waals surface area contributed by atoms with E-state index in [1.807, 2.05) is 41.1 Å². The van der Waals surface area contributed by atoms with Crippen molar-refractivity contribution in [2.75, 3.05) is 5.32 Å². The predicted molar refractivity (Wildman–Crippen MR) is 145 cm³/mol. The van der Waals surface area contributed by atoms with Gasteiger partial charge in [-0.1, -0.05) is 66.2 Å². The van der Waals surface area contributed by atoms with E-state index >= 15 is 0 Å². The molecule has 1 atom stereocenters. The fourth-order valence-electron chi connectivity index (χ4n) is 4.77. The number of carbonyl (C=O) groups is 1. The standard InChI is InChI=1S/C31H23ClF4N2O/c32-28-15-12-21(16-27(28)31(34,35)36)25(17-30(39)37-23-6-2-1-3-7-23)26-19-38(29-9-5-4-8-24(26)29)18-20-10-13-22(33)14-11-20/h1-16,19,25H,17-18H2,(H,37,39)/t25-/m0/s1. The number of amides is 1. The van der Waals surface area contributed by atoms with E-state index in [1.54, 1.807) is 36.4 Å². The van der Waals surface area contributed by atoms with Gasteiger partial charge in [0, 0.05) is 41.7 Å². The Morgan fingerprint density at radius 1 is 0.897 bits per heavy atom. The van der Waals surface area contributed by atoms with E-state index in [1.165, 1.54) is 24.3 Å². The zero-order valence-electron chi connectivity index (χ0n) is 20.6. The van der Waals surface area contributed by atoms with Crippen LogP contribution in [0.3, 0.4) is 0 Å². The van der Waals surface area contributed by atoms with Gasteiger partial charge in [-0.25, -0.2) is 4.39 Å². The van der Waals surface area contributed by atoms with Crippen molar-refractivity contribution in [2.45, 2.75) is 25.1 Å². The molecule has 1 aromatic heterocycles.